The van der Waals surface area contributed by atoms with E-state index in [1.807, 2.05) is 36.4 Å². The maximum Gasteiger partial charge on any atom is 0.325 e. The number of benzene rings is 1. The van der Waals surface area contributed by atoms with Crippen molar-refractivity contribution in [3.63, 3.8) is 0 Å². The number of nitrogens with zero attached hydrogens (tertiary/aromatic N) is 7. The van der Waals surface area contributed by atoms with Gasteiger partial charge in [0.15, 0.2) is 5.82 Å². The van der Waals surface area contributed by atoms with Gasteiger partial charge in [-0.15, -0.1) is 5.10 Å². The van der Waals surface area contributed by atoms with E-state index in [0.717, 1.165) is 16.5 Å². The largest absolute Gasteiger partial charge is 0.403 e. The van der Waals surface area contributed by atoms with Gasteiger partial charge in [0, 0.05) is 55.7 Å². The molecule has 10 nitrogen and oxygen atoms in total. The molecule has 0 saturated carbocycles. The minimum absolute atomic E-state index is 0.0582. The van der Waals surface area contributed by atoms with E-state index in [9.17, 15) is 4.79 Å². The number of carbonyl (C=O) groups is 1. The maximum absolute atomic E-state index is 12.6. The van der Waals surface area contributed by atoms with Gasteiger partial charge < -0.3 is 14.2 Å². The highest BCUT2D eigenvalue weighted by Gasteiger charge is 2.24. The number of carbonyl (C=O) groups excluding carboxylic acids is 1. The zero-order valence-corrected chi connectivity index (χ0v) is 17.2. The molecule has 1 aliphatic heterocycles. The fourth-order valence-corrected chi connectivity index (χ4v) is 3.94. The molecule has 0 unspecified atom stereocenters. The molecule has 3 aromatic heterocycles. The molecule has 1 fully saturated rings. The Labute approximate surface area is 181 Å². The standard InChI is InChI=1S/C20H18N8O2S/c29-19(23-18-25-24-17(30-18)15-7-4-8-21-13-15)27-9-11-28(12-10-27)20-22-16(26-31-20)14-5-2-1-3-6-14/h1-8,13H,9-12H2,(H,23,25,29). The molecule has 0 atom stereocenters. The van der Waals surface area contributed by atoms with Crippen LogP contribution in [0.4, 0.5) is 15.9 Å². The minimum atomic E-state index is -0.275. The Morgan fingerprint density at radius 3 is 2.58 bits per heavy atom. The second kappa shape index (κ2) is 8.48. The van der Waals surface area contributed by atoms with Crippen molar-refractivity contribution in [1.82, 2.24) is 29.4 Å². The van der Waals surface area contributed by atoms with Gasteiger partial charge in [0.2, 0.25) is 5.13 Å². The van der Waals surface area contributed by atoms with E-state index in [4.69, 9.17) is 4.42 Å². The highest BCUT2D eigenvalue weighted by Crippen LogP contribution is 2.25. The summed E-state index contributed by atoms with van der Waals surface area (Å²) in [7, 11) is 0. The smallest absolute Gasteiger partial charge is 0.325 e. The van der Waals surface area contributed by atoms with Crippen LogP contribution in [0, 0.1) is 0 Å². The van der Waals surface area contributed by atoms with Crippen LogP contribution in [0.1, 0.15) is 0 Å². The maximum atomic E-state index is 12.6. The van der Waals surface area contributed by atoms with Gasteiger partial charge in [0.1, 0.15) is 0 Å². The molecule has 1 N–H and O–H groups in total. The molecule has 1 saturated heterocycles. The topological polar surface area (TPSA) is 113 Å². The average molecular weight is 434 g/mol. The van der Waals surface area contributed by atoms with Gasteiger partial charge in [-0.05, 0) is 12.1 Å². The van der Waals surface area contributed by atoms with Crippen LogP contribution in [0.2, 0.25) is 0 Å². The zero-order valence-electron chi connectivity index (χ0n) is 16.4. The molecule has 0 bridgehead atoms. The van der Waals surface area contributed by atoms with Crippen molar-refractivity contribution < 1.29 is 9.21 Å². The van der Waals surface area contributed by atoms with E-state index in [1.165, 1.54) is 11.5 Å². The Hall–Kier alpha value is -3.86. The number of rotatable bonds is 4. The molecule has 1 aliphatic rings. The van der Waals surface area contributed by atoms with Gasteiger partial charge in [-0.1, -0.05) is 35.4 Å². The second-order valence-electron chi connectivity index (χ2n) is 6.82. The van der Waals surface area contributed by atoms with E-state index < -0.39 is 0 Å². The molecule has 0 aliphatic carbocycles. The summed E-state index contributed by atoms with van der Waals surface area (Å²) in [5, 5.41) is 11.4. The fourth-order valence-electron chi connectivity index (χ4n) is 3.20. The normalized spacial score (nSPS) is 13.9. The first kappa shape index (κ1) is 19.1. The van der Waals surface area contributed by atoms with Crippen molar-refractivity contribution in [3.05, 3.63) is 54.9 Å². The lowest BCUT2D eigenvalue weighted by Gasteiger charge is -2.33. The molecule has 2 amide bonds. The number of amides is 2. The summed E-state index contributed by atoms with van der Waals surface area (Å²) in [6.07, 6.45) is 3.28. The van der Waals surface area contributed by atoms with Crippen LogP contribution < -0.4 is 10.2 Å². The Kier molecular flexibility index (Phi) is 5.23. The van der Waals surface area contributed by atoms with Crippen LogP contribution >= 0.6 is 11.5 Å². The number of hydrogen-bond acceptors (Lipinski definition) is 9. The summed E-state index contributed by atoms with van der Waals surface area (Å²) in [6.45, 7) is 2.44. The number of urea groups is 1. The quantitative estimate of drug-likeness (QED) is 0.521. The third-order valence-electron chi connectivity index (χ3n) is 4.83. The van der Waals surface area contributed by atoms with Crippen LogP contribution in [0.3, 0.4) is 0 Å². The minimum Gasteiger partial charge on any atom is -0.403 e. The summed E-state index contributed by atoms with van der Waals surface area (Å²) in [5.74, 6) is 1.03. The van der Waals surface area contributed by atoms with Crippen LogP contribution in [0.5, 0.6) is 0 Å². The molecule has 11 heteroatoms. The van der Waals surface area contributed by atoms with Crippen LogP contribution in [-0.4, -0.2) is 61.6 Å². The lowest BCUT2D eigenvalue weighted by Crippen LogP contribution is -2.50. The van der Waals surface area contributed by atoms with Gasteiger partial charge in [0.05, 0.1) is 5.56 Å². The van der Waals surface area contributed by atoms with Crippen LogP contribution in [0.25, 0.3) is 22.8 Å². The molecular formula is C20H18N8O2S. The molecule has 156 valence electrons. The van der Waals surface area contributed by atoms with Crippen molar-refractivity contribution in [3.8, 4) is 22.8 Å². The van der Waals surface area contributed by atoms with E-state index in [2.05, 4.69) is 34.8 Å². The summed E-state index contributed by atoms with van der Waals surface area (Å²) in [4.78, 5) is 25.1. The third-order valence-corrected chi connectivity index (χ3v) is 5.61. The van der Waals surface area contributed by atoms with E-state index in [1.54, 1.807) is 23.4 Å². The Balaban J connectivity index is 1.17. The monoisotopic (exact) mass is 434 g/mol. The predicted octanol–water partition coefficient (Wildman–Crippen LogP) is 3.00. The third kappa shape index (κ3) is 4.21. The van der Waals surface area contributed by atoms with Crippen LogP contribution in [-0.2, 0) is 0 Å². The van der Waals surface area contributed by atoms with Gasteiger partial charge in [-0.3, -0.25) is 10.3 Å². The lowest BCUT2D eigenvalue weighted by molar-refractivity contribution is 0.207. The number of aromatic nitrogens is 5. The Bertz CT molecular complexity index is 1160. The highest BCUT2D eigenvalue weighted by molar-refractivity contribution is 7.09. The molecule has 4 aromatic rings. The van der Waals surface area contributed by atoms with E-state index >= 15 is 0 Å². The average Bonchev–Trinajstić information content (AvgIpc) is 3.51. The summed E-state index contributed by atoms with van der Waals surface area (Å²) in [6, 6.07) is 13.3. The first-order valence-electron chi connectivity index (χ1n) is 9.70. The molecule has 5 rings (SSSR count). The Morgan fingerprint density at radius 2 is 1.81 bits per heavy atom. The Morgan fingerprint density at radius 1 is 1.00 bits per heavy atom. The number of nitrogens with one attached hydrogen (secondary N) is 1. The number of anilines is 2. The number of pyridine rings is 1. The van der Waals surface area contributed by atoms with Gasteiger partial charge in [-0.2, -0.15) is 9.36 Å². The summed E-state index contributed by atoms with van der Waals surface area (Å²) < 4.78 is 9.98. The molecule has 0 spiro atoms. The summed E-state index contributed by atoms with van der Waals surface area (Å²) >= 11 is 1.37. The van der Waals surface area contributed by atoms with Crippen molar-refractivity contribution in [2.24, 2.45) is 0 Å². The van der Waals surface area contributed by atoms with Gasteiger partial charge in [0.25, 0.3) is 5.89 Å². The van der Waals surface area contributed by atoms with Crippen molar-refractivity contribution in [2.75, 3.05) is 36.4 Å². The van der Waals surface area contributed by atoms with Crippen molar-refractivity contribution in [1.29, 1.82) is 0 Å². The SMILES string of the molecule is O=C(Nc1nnc(-c2cccnc2)o1)N1CCN(c2nc(-c3ccccc3)ns2)CC1. The second-order valence-corrected chi connectivity index (χ2v) is 7.56. The van der Waals surface area contributed by atoms with E-state index in [0.29, 0.717) is 37.6 Å². The molecule has 31 heavy (non-hydrogen) atoms. The van der Waals surface area contributed by atoms with Gasteiger partial charge >= 0.3 is 12.0 Å². The van der Waals surface area contributed by atoms with Crippen molar-refractivity contribution in [2.45, 2.75) is 0 Å². The molecular weight excluding hydrogens is 416 g/mol. The van der Waals surface area contributed by atoms with Gasteiger partial charge in [-0.25, -0.2) is 4.79 Å². The number of hydrogen-bond donors (Lipinski definition) is 1. The lowest BCUT2D eigenvalue weighted by atomic mass is 10.2. The van der Waals surface area contributed by atoms with E-state index in [-0.39, 0.29) is 12.0 Å². The molecule has 0 radical (unpaired) electrons. The molecule has 4 heterocycles. The first-order valence-corrected chi connectivity index (χ1v) is 10.5. The molecule has 1 aromatic carbocycles. The fraction of sp³-hybridized carbons (Fsp3) is 0.200. The summed E-state index contributed by atoms with van der Waals surface area (Å²) in [5.41, 5.74) is 1.68. The predicted molar refractivity (Wildman–Crippen MR) is 116 cm³/mol. The first-order chi connectivity index (χ1) is 15.3. The van der Waals surface area contributed by atoms with Crippen LogP contribution in [0.15, 0.2) is 59.3 Å². The van der Waals surface area contributed by atoms with Crippen molar-refractivity contribution >= 4 is 28.7 Å². The zero-order chi connectivity index (χ0) is 21.0. The number of piperazine rings is 1. The highest BCUT2D eigenvalue weighted by atomic mass is 32.1.